The molecule has 190 valence electrons. The van der Waals surface area contributed by atoms with Gasteiger partial charge in [-0.2, -0.15) is 0 Å². The Bertz CT molecular complexity index is 1030. The van der Waals surface area contributed by atoms with Gasteiger partial charge in [-0.05, 0) is 36.8 Å². The van der Waals surface area contributed by atoms with Crippen LogP contribution in [0.1, 0.15) is 31.7 Å². The Morgan fingerprint density at radius 2 is 1.80 bits per heavy atom. The lowest BCUT2D eigenvalue weighted by molar-refractivity contribution is -0.124. The predicted octanol–water partition coefficient (Wildman–Crippen LogP) is 4.22. The Morgan fingerprint density at radius 3 is 2.49 bits per heavy atom. The maximum Gasteiger partial charge on any atom is 0.324 e. The van der Waals surface area contributed by atoms with Gasteiger partial charge in [0.15, 0.2) is 11.5 Å². The molecule has 0 radical (unpaired) electrons. The van der Waals surface area contributed by atoms with E-state index in [1.807, 2.05) is 0 Å². The number of ether oxygens (including phenoxy) is 3. The van der Waals surface area contributed by atoms with Crippen molar-refractivity contribution in [2.45, 2.75) is 32.7 Å². The summed E-state index contributed by atoms with van der Waals surface area (Å²) >= 11 is 0. The lowest BCUT2D eigenvalue weighted by atomic mass is 10.0. The molecule has 9 heteroatoms. The van der Waals surface area contributed by atoms with Crippen molar-refractivity contribution in [3.63, 3.8) is 0 Å². The van der Waals surface area contributed by atoms with Crippen molar-refractivity contribution >= 4 is 17.6 Å². The summed E-state index contributed by atoms with van der Waals surface area (Å²) in [4.78, 5) is 29.2. The number of hydrogen-bond donors (Lipinski definition) is 1. The third kappa shape index (κ3) is 6.35. The molecule has 1 atom stereocenters. The maximum absolute atomic E-state index is 13.9. The number of amides is 3. The highest BCUT2D eigenvalue weighted by Crippen LogP contribution is 2.34. The third-order valence-corrected chi connectivity index (χ3v) is 6.03. The number of unbranched alkanes of at least 4 members (excludes halogenated alkanes) is 2. The fourth-order valence-electron chi connectivity index (χ4n) is 4.15. The van der Waals surface area contributed by atoms with E-state index in [0.717, 1.165) is 19.3 Å². The zero-order valence-corrected chi connectivity index (χ0v) is 20.8. The zero-order chi connectivity index (χ0) is 25.4. The minimum Gasteiger partial charge on any atom is -0.496 e. The lowest BCUT2D eigenvalue weighted by Gasteiger charge is -2.39. The standard InChI is InChI=1S/C26H34FN3O5/c1-5-6-7-12-35-24-14-21(9-11-23(24)34-4)30-17-19(25(31)28-2)16-29(26(30)32)15-18-13-20(27)8-10-22(18)33-3/h8-11,13-14,19H,5-7,12,15-17H2,1-4H3,(H,28,31)/t19-/m1/s1. The Morgan fingerprint density at radius 1 is 1.06 bits per heavy atom. The van der Waals surface area contributed by atoms with Gasteiger partial charge in [0.2, 0.25) is 5.91 Å². The number of benzene rings is 2. The van der Waals surface area contributed by atoms with Gasteiger partial charge in [0.05, 0.1) is 33.3 Å². The number of methoxy groups -OCH3 is 2. The summed E-state index contributed by atoms with van der Waals surface area (Å²) in [6.07, 6.45) is 3.04. The molecule has 0 aromatic heterocycles. The first kappa shape index (κ1) is 26.1. The third-order valence-electron chi connectivity index (χ3n) is 6.03. The minimum atomic E-state index is -0.478. The molecule has 1 saturated heterocycles. The maximum atomic E-state index is 13.9. The Kier molecular flexibility index (Phi) is 9.17. The van der Waals surface area contributed by atoms with E-state index in [2.05, 4.69) is 12.2 Å². The van der Waals surface area contributed by atoms with Crippen molar-refractivity contribution in [1.82, 2.24) is 10.2 Å². The second-order valence-corrected chi connectivity index (χ2v) is 8.43. The summed E-state index contributed by atoms with van der Waals surface area (Å²) in [6.45, 7) is 3.16. The summed E-state index contributed by atoms with van der Waals surface area (Å²) < 4.78 is 30.7. The topological polar surface area (TPSA) is 80.3 Å². The molecule has 1 aliphatic heterocycles. The van der Waals surface area contributed by atoms with Crippen LogP contribution in [-0.4, -0.2) is 57.8 Å². The molecule has 1 fully saturated rings. The van der Waals surface area contributed by atoms with Crippen LogP contribution in [-0.2, 0) is 11.3 Å². The highest BCUT2D eigenvalue weighted by atomic mass is 19.1. The van der Waals surface area contributed by atoms with Gasteiger partial charge in [-0.3, -0.25) is 9.69 Å². The highest BCUT2D eigenvalue weighted by Gasteiger charge is 2.36. The van der Waals surface area contributed by atoms with E-state index in [4.69, 9.17) is 14.2 Å². The van der Waals surface area contributed by atoms with Crippen LogP contribution in [0.25, 0.3) is 0 Å². The number of halogens is 1. The van der Waals surface area contributed by atoms with E-state index in [9.17, 15) is 14.0 Å². The van der Waals surface area contributed by atoms with Crippen LogP contribution in [0, 0.1) is 11.7 Å². The Labute approximate surface area is 205 Å². The van der Waals surface area contributed by atoms with Crippen LogP contribution < -0.4 is 24.4 Å². The highest BCUT2D eigenvalue weighted by molar-refractivity contribution is 5.95. The number of rotatable bonds is 11. The lowest BCUT2D eigenvalue weighted by Crippen LogP contribution is -2.56. The van der Waals surface area contributed by atoms with Crippen molar-refractivity contribution in [2.75, 3.05) is 45.9 Å². The number of hydrogen-bond acceptors (Lipinski definition) is 5. The van der Waals surface area contributed by atoms with Crippen LogP contribution in [0.5, 0.6) is 17.2 Å². The summed E-state index contributed by atoms with van der Waals surface area (Å²) in [6, 6.07) is 9.16. The van der Waals surface area contributed by atoms with Crippen LogP contribution >= 0.6 is 0 Å². The molecule has 3 amide bonds. The summed E-state index contributed by atoms with van der Waals surface area (Å²) in [5, 5.41) is 2.67. The van der Waals surface area contributed by atoms with Gasteiger partial charge < -0.3 is 24.4 Å². The van der Waals surface area contributed by atoms with E-state index >= 15 is 0 Å². The monoisotopic (exact) mass is 487 g/mol. The van der Waals surface area contributed by atoms with Gasteiger partial charge >= 0.3 is 6.03 Å². The molecule has 35 heavy (non-hydrogen) atoms. The molecule has 1 aliphatic rings. The van der Waals surface area contributed by atoms with E-state index in [0.29, 0.717) is 35.1 Å². The number of urea groups is 1. The molecule has 0 saturated carbocycles. The molecule has 2 aromatic carbocycles. The van der Waals surface area contributed by atoms with Crippen molar-refractivity contribution in [3.05, 3.63) is 47.8 Å². The van der Waals surface area contributed by atoms with E-state index in [1.165, 1.54) is 30.2 Å². The quantitative estimate of drug-likeness (QED) is 0.480. The minimum absolute atomic E-state index is 0.0975. The van der Waals surface area contributed by atoms with E-state index in [-0.39, 0.29) is 31.6 Å². The Hall–Kier alpha value is -3.49. The largest absolute Gasteiger partial charge is 0.496 e. The van der Waals surface area contributed by atoms with Gasteiger partial charge in [0.25, 0.3) is 0 Å². The molecule has 1 N–H and O–H groups in total. The average Bonchev–Trinajstić information content (AvgIpc) is 2.87. The molecular formula is C26H34FN3O5. The van der Waals surface area contributed by atoms with Crippen LogP contribution in [0.2, 0.25) is 0 Å². The second kappa shape index (κ2) is 12.3. The molecular weight excluding hydrogens is 453 g/mol. The average molecular weight is 488 g/mol. The van der Waals surface area contributed by atoms with Gasteiger partial charge in [0.1, 0.15) is 11.6 Å². The normalized spacial score (nSPS) is 15.7. The fraction of sp³-hybridized carbons (Fsp3) is 0.462. The second-order valence-electron chi connectivity index (χ2n) is 8.43. The first-order valence-electron chi connectivity index (χ1n) is 11.8. The van der Waals surface area contributed by atoms with Gasteiger partial charge in [-0.1, -0.05) is 19.8 Å². The van der Waals surface area contributed by atoms with Crippen molar-refractivity contribution in [2.24, 2.45) is 5.92 Å². The molecule has 3 rings (SSSR count). The molecule has 0 unspecified atom stereocenters. The van der Waals surface area contributed by atoms with Gasteiger partial charge in [-0.25, -0.2) is 9.18 Å². The van der Waals surface area contributed by atoms with Crippen LogP contribution in [0.15, 0.2) is 36.4 Å². The van der Waals surface area contributed by atoms with Crippen LogP contribution in [0.4, 0.5) is 14.9 Å². The molecule has 2 aromatic rings. The molecule has 0 spiro atoms. The summed E-state index contributed by atoms with van der Waals surface area (Å²) in [5.41, 5.74) is 1.11. The fourth-order valence-corrected chi connectivity index (χ4v) is 4.15. The van der Waals surface area contributed by atoms with Crippen LogP contribution in [0.3, 0.4) is 0 Å². The smallest absolute Gasteiger partial charge is 0.324 e. The van der Waals surface area contributed by atoms with E-state index < -0.39 is 11.7 Å². The zero-order valence-electron chi connectivity index (χ0n) is 20.8. The molecule has 8 nitrogen and oxygen atoms in total. The number of carbonyl (C=O) groups is 2. The SMILES string of the molecule is CCCCCOc1cc(N2C[C@H](C(=O)NC)CN(Cc3cc(F)ccc3OC)C2=O)ccc1OC. The van der Waals surface area contributed by atoms with Crippen molar-refractivity contribution < 1.29 is 28.2 Å². The van der Waals surface area contributed by atoms with Crippen molar-refractivity contribution in [3.8, 4) is 17.2 Å². The number of carbonyl (C=O) groups excluding carboxylic acids is 2. The predicted molar refractivity (Wildman–Crippen MR) is 132 cm³/mol. The molecule has 0 bridgehead atoms. The molecule has 1 heterocycles. The summed E-state index contributed by atoms with van der Waals surface area (Å²) in [5.74, 6) is 0.495. The van der Waals surface area contributed by atoms with Crippen molar-refractivity contribution in [1.29, 1.82) is 0 Å². The Balaban J connectivity index is 1.91. The van der Waals surface area contributed by atoms with E-state index in [1.54, 1.807) is 37.3 Å². The number of nitrogens with one attached hydrogen (secondary N) is 1. The van der Waals surface area contributed by atoms with Gasteiger partial charge in [0, 0.05) is 37.5 Å². The number of anilines is 1. The summed E-state index contributed by atoms with van der Waals surface area (Å²) in [7, 11) is 4.63. The van der Waals surface area contributed by atoms with Gasteiger partial charge in [-0.15, -0.1) is 0 Å². The first-order valence-corrected chi connectivity index (χ1v) is 11.8. The number of nitrogens with zero attached hydrogens (tertiary/aromatic N) is 2. The molecule has 0 aliphatic carbocycles. The first-order chi connectivity index (χ1) is 16.9.